The van der Waals surface area contributed by atoms with Crippen molar-refractivity contribution in [2.45, 2.75) is 213 Å². The molecule has 8 heteroatoms. The third kappa shape index (κ3) is 34.9. The zero-order chi connectivity index (χ0) is 36.9. The summed E-state index contributed by atoms with van der Waals surface area (Å²) in [6.07, 6.45) is 43.0. The summed E-state index contributed by atoms with van der Waals surface area (Å²) in [7, 11) is -3.29. The maximum atomic E-state index is 13.1. The fraction of sp³-hybridized carbons (Fsp3) is 0.854. The second kappa shape index (κ2) is 36.4. The van der Waals surface area contributed by atoms with Crippen molar-refractivity contribution in [3.8, 4) is 0 Å². The first kappa shape index (κ1) is 49.8. The van der Waals surface area contributed by atoms with Crippen molar-refractivity contribution < 1.29 is 26.7 Å². The number of ketones is 2. The summed E-state index contributed by atoms with van der Waals surface area (Å²) in [5.74, 6) is 0.175. The largest absolute Gasteiger partial charge is 0.397 e. The maximum Gasteiger partial charge on any atom is 0.397 e. The lowest BCUT2D eigenvalue weighted by atomic mass is 9.85. The van der Waals surface area contributed by atoms with Gasteiger partial charge in [0.05, 0.1) is 7.11 Å². The number of rotatable bonds is 35. The minimum Gasteiger partial charge on any atom is -0.299 e. The molecule has 0 bridgehead atoms. The fourth-order valence-electron chi connectivity index (χ4n) is 5.92. The minimum atomic E-state index is -4.16. The number of allylic oxidation sites excluding steroid dienone is 4. The third-order valence-electron chi connectivity index (χ3n) is 9.19. The van der Waals surface area contributed by atoms with Crippen LogP contribution in [0.4, 0.5) is 0 Å². The minimum absolute atomic E-state index is 0.0877. The topological polar surface area (TPSA) is 110 Å². The first-order chi connectivity index (χ1) is 23.6. The number of unbranched alkanes of at least 4 members (excludes halogenated alkanes) is 22. The lowest BCUT2D eigenvalue weighted by Crippen LogP contribution is -2.55. The van der Waals surface area contributed by atoms with Crippen LogP contribution >= 0.6 is 0 Å². The average Bonchev–Trinajstić information content (AvgIpc) is 3.08. The van der Waals surface area contributed by atoms with Gasteiger partial charge in [-0.25, -0.2) is 0 Å². The Labute approximate surface area is 304 Å². The van der Waals surface area contributed by atoms with Gasteiger partial charge in [-0.05, 0) is 77.7 Å². The van der Waals surface area contributed by atoms with Gasteiger partial charge in [-0.3, -0.25) is 23.6 Å². The van der Waals surface area contributed by atoms with Gasteiger partial charge in [-0.2, -0.15) is 8.42 Å². The van der Waals surface area contributed by atoms with E-state index in [2.05, 4.69) is 47.7 Å². The molecule has 0 aliphatic heterocycles. The molecule has 2 N–H and O–H groups in total. The third-order valence-corrected chi connectivity index (χ3v) is 9.61. The number of carbonyl (C=O) groups excluding carboxylic acids is 2. The van der Waals surface area contributed by atoms with E-state index >= 15 is 0 Å². The van der Waals surface area contributed by atoms with Crippen molar-refractivity contribution in [3.63, 3.8) is 0 Å². The molecule has 0 atom stereocenters. The lowest BCUT2D eigenvalue weighted by molar-refractivity contribution is -0.135. The van der Waals surface area contributed by atoms with Crippen LogP contribution in [0.25, 0.3) is 0 Å². The predicted octanol–water partition coefficient (Wildman–Crippen LogP) is 12.0. The zero-order valence-corrected chi connectivity index (χ0v) is 33.5. The van der Waals surface area contributed by atoms with E-state index in [1.54, 1.807) is 0 Å². The molecule has 0 fully saturated rings. The Morgan fingerprint density at radius 1 is 0.551 bits per heavy atom. The first-order valence-corrected chi connectivity index (χ1v) is 21.6. The number of nitrogens with one attached hydrogen (secondary N) is 1. The van der Waals surface area contributed by atoms with Gasteiger partial charge in [-0.15, -0.1) is 0 Å². The summed E-state index contributed by atoms with van der Waals surface area (Å²) in [6.45, 7) is 9.01. The fourth-order valence-corrected chi connectivity index (χ4v) is 5.92. The van der Waals surface area contributed by atoms with Crippen molar-refractivity contribution in [1.29, 1.82) is 0 Å². The first-order valence-electron chi connectivity index (χ1n) is 20.2. The highest BCUT2D eigenvalue weighted by Gasteiger charge is 2.38. The Bertz CT molecular complexity index is 863. The molecule has 0 spiro atoms. The van der Waals surface area contributed by atoms with Gasteiger partial charge in [0, 0.05) is 12.8 Å². The Kier molecular flexibility index (Phi) is 37.0. The van der Waals surface area contributed by atoms with Crippen LogP contribution in [0, 0.1) is 0 Å². The molecule has 0 aliphatic carbocycles. The Hall–Kier alpha value is -1.35. The van der Waals surface area contributed by atoms with Crippen LogP contribution in [-0.2, 0) is 24.2 Å². The van der Waals surface area contributed by atoms with Crippen molar-refractivity contribution in [1.82, 2.24) is 5.32 Å². The molecule has 290 valence electrons. The van der Waals surface area contributed by atoms with Gasteiger partial charge < -0.3 is 0 Å². The van der Waals surface area contributed by atoms with E-state index in [1.165, 1.54) is 141 Å². The second-order valence-corrected chi connectivity index (χ2v) is 15.0. The molecule has 0 aromatic rings. The summed E-state index contributed by atoms with van der Waals surface area (Å²) in [5.41, 5.74) is -1.00. The van der Waals surface area contributed by atoms with Crippen LogP contribution in [0.2, 0.25) is 0 Å². The highest BCUT2D eigenvalue weighted by atomic mass is 32.3. The quantitative estimate of drug-likeness (QED) is 0.0291. The van der Waals surface area contributed by atoms with Crippen LogP contribution in [-0.4, -0.2) is 43.7 Å². The molecule has 0 aromatic carbocycles. The smallest absolute Gasteiger partial charge is 0.299 e. The molecule has 0 aliphatic rings. The number of carbonyl (C=O) groups is 2. The summed E-state index contributed by atoms with van der Waals surface area (Å²) >= 11 is 0. The molecule has 7 nitrogen and oxygen atoms in total. The molecule has 0 unspecified atom stereocenters. The van der Waals surface area contributed by atoms with E-state index in [4.69, 9.17) is 4.55 Å². The van der Waals surface area contributed by atoms with Crippen LogP contribution in [0.15, 0.2) is 24.3 Å². The Balaban J connectivity index is 0. The van der Waals surface area contributed by atoms with E-state index in [9.17, 15) is 18.0 Å². The van der Waals surface area contributed by atoms with E-state index < -0.39 is 15.9 Å². The van der Waals surface area contributed by atoms with Crippen molar-refractivity contribution in [3.05, 3.63) is 24.3 Å². The van der Waals surface area contributed by atoms with Gasteiger partial charge in [0.25, 0.3) is 0 Å². The molecule has 49 heavy (non-hydrogen) atoms. The zero-order valence-electron chi connectivity index (χ0n) is 32.7. The SMILES string of the molecule is CCCCCCCC/C=C\CCCCCCCC(=O)C(C)(NCC)C(=O)CCCCCCC/C=C\CCCCCCCC.COS(=O)(=O)O. The highest BCUT2D eigenvalue weighted by Crippen LogP contribution is 2.19. The van der Waals surface area contributed by atoms with Crippen LogP contribution in [0.5, 0.6) is 0 Å². The number of hydrogen-bond acceptors (Lipinski definition) is 6. The normalized spacial score (nSPS) is 12.1. The van der Waals surface area contributed by atoms with Gasteiger partial charge in [0.2, 0.25) is 0 Å². The lowest BCUT2D eigenvalue weighted by Gasteiger charge is -2.28. The monoisotopic (exact) mass is 714 g/mol. The van der Waals surface area contributed by atoms with Crippen molar-refractivity contribution in [2.24, 2.45) is 0 Å². The number of likely N-dealkylation sites (N-methyl/N-ethyl adjacent to an activating group) is 1. The molecular weight excluding hydrogens is 635 g/mol. The summed E-state index contributed by atoms with van der Waals surface area (Å²) in [5, 5.41) is 3.25. The number of Topliss-reactive ketones (excluding diaryl/α,β-unsaturated/α-hetero) is 2. The Morgan fingerprint density at radius 2 is 0.816 bits per heavy atom. The van der Waals surface area contributed by atoms with Crippen LogP contribution in [0.3, 0.4) is 0 Å². The molecule has 0 radical (unpaired) electrons. The molecule has 0 heterocycles. The second-order valence-electron chi connectivity index (χ2n) is 13.8. The van der Waals surface area contributed by atoms with Gasteiger partial charge in [0.15, 0.2) is 11.6 Å². The molecular formula is C41H79NO6S. The van der Waals surface area contributed by atoms with E-state index in [-0.39, 0.29) is 11.6 Å². The van der Waals surface area contributed by atoms with Crippen molar-refractivity contribution >= 4 is 22.0 Å². The van der Waals surface area contributed by atoms with E-state index in [0.29, 0.717) is 19.4 Å². The van der Waals surface area contributed by atoms with Crippen LogP contribution in [0.1, 0.15) is 207 Å². The highest BCUT2D eigenvalue weighted by molar-refractivity contribution is 7.80. The molecule has 0 rings (SSSR count). The van der Waals surface area contributed by atoms with E-state index in [1.807, 2.05) is 13.8 Å². The van der Waals surface area contributed by atoms with Crippen molar-refractivity contribution in [2.75, 3.05) is 13.7 Å². The van der Waals surface area contributed by atoms with E-state index in [0.717, 1.165) is 32.8 Å². The predicted molar refractivity (Wildman–Crippen MR) is 210 cm³/mol. The number of hydrogen-bond donors (Lipinski definition) is 2. The summed E-state index contributed by atoms with van der Waals surface area (Å²) in [6, 6.07) is 0. The summed E-state index contributed by atoms with van der Waals surface area (Å²) in [4.78, 5) is 26.2. The van der Waals surface area contributed by atoms with Gasteiger partial charge >= 0.3 is 10.4 Å². The molecule has 0 aromatic heterocycles. The molecule has 0 saturated carbocycles. The standard InChI is InChI=1S/C40H75NO2.CH4O4S/c1-5-8-10-12-14-16-18-20-22-24-26-28-30-32-34-36-38(42)40(4,41-7-3)39(43)37-35-33-31-29-27-25-23-21-19-17-15-13-11-9-6-2;1-5-6(2,3)4/h20-23,41H,5-19,24-37H2,1-4H3;1H3,(H,2,3,4)/b22-20-,23-21-;. The van der Waals surface area contributed by atoms with Crippen LogP contribution < -0.4 is 5.32 Å². The maximum absolute atomic E-state index is 13.1. The molecule has 0 amide bonds. The van der Waals surface area contributed by atoms with Gasteiger partial charge in [-0.1, -0.05) is 148 Å². The summed E-state index contributed by atoms with van der Waals surface area (Å²) < 4.78 is 29.7. The average molecular weight is 714 g/mol. The Morgan fingerprint density at radius 3 is 1.08 bits per heavy atom. The van der Waals surface area contributed by atoms with Gasteiger partial charge in [0.1, 0.15) is 5.54 Å². The molecule has 0 saturated heterocycles.